The maximum Gasteiger partial charge on any atom is 0.409 e. The van der Waals surface area contributed by atoms with Crippen LogP contribution in [0, 0.1) is 0 Å². The van der Waals surface area contributed by atoms with Gasteiger partial charge < -0.3 is 25.2 Å². The second-order valence-electron chi connectivity index (χ2n) is 11.5. The molecule has 0 unspecified atom stereocenters. The molecule has 10 heteroatoms. The van der Waals surface area contributed by atoms with Gasteiger partial charge in [0.15, 0.2) is 5.75 Å². The predicted octanol–water partition coefficient (Wildman–Crippen LogP) is 6.77. The van der Waals surface area contributed by atoms with Gasteiger partial charge in [-0.2, -0.15) is 0 Å². The molecule has 43 heavy (non-hydrogen) atoms. The van der Waals surface area contributed by atoms with Crippen LogP contribution >= 0.6 is 0 Å². The lowest BCUT2D eigenvalue weighted by molar-refractivity contribution is 0.0336. The molecule has 1 saturated heterocycles. The van der Waals surface area contributed by atoms with Gasteiger partial charge >= 0.3 is 12.1 Å². The molecule has 0 saturated carbocycles. The summed E-state index contributed by atoms with van der Waals surface area (Å²) in [5.41, 5.74) is 4.55. The first-order chi connectivity index (χ1) is 20.6. The number of hydrogen-bond acceptors (Lipinski definition) is 6. The Labute approximate surface area is 251 Å². The molecule has 4 aromatic rings. The molecular weight excluding hydrogens is 546 g/mol. The summed E-state index contributed by atoms with van der Waals surface area (Å²) in [6, 6.07) is 20.8. The first kappa shape index (κ1) is 29.8. The number of amides is 3. The molecule has 0 atom stereocenters. The molecule has 224 valence electrons. The molecule has 4 N–H and O–H groups in total. The number of pyridine rings is 1. The van der Waals surface area contributed by atoms with Gasteiger partial charge in [0.1, 0.15) is 0 Å². The molecule has 0 aliphatic carbocycles. The third-order valence-electron chi connectivity index (χ3n) is 7.39. The van der Waals surface area contributed by atoms with Crippen molar-refractivity contribution in [2.24, 2.45) is 0 Å². The molecule has 0 bridgehead atoms. The van der Waals surface area contributed by atoms with Gasteiger partial charge in [-0.3, -0.25) is 15.2 Å². The second kappa shape index (κ2) is 12.7. The third-order valence-corrected chi connectivity index (χ3v) is 7.39. The molecule has 0 radical (unpaired) electrons. The average molecular weight is 584 g/mol. The van der Waals surface area contributed by atoms with E-state index in [0.29, 0.717) is 11.4 Å². The molecule has 3 amide bonds. The molecule has 2 heterocycles. The number of nitrogens with one attached hydrogen (secondary N) is 3. The van der Waals surface area contributed by atoms with Crippen molar-refractivity contribution in [2.45, 2.75) is 32.7 Å². The van der Waals surface area contributed by atoms with Gasteiger partial charge in [0, 0.05) is 30.6 Å². The Hall–Kier alpha value is -4.67. The number of methoxy groups -OCH3 is 1. The quantitative estimate of drug-likeness (QED) is 0.189. The minimum absolute atomic E-state index is 0.216. The highest BCUT2D eigenvalue weighted by Gasteiger charge is 2.22. The van der Waals surface area contributed by atoms with E-state index in [9.17, 15) is 14.7 Å². The summed E-state index contributed by atoms with van der Waals surface area (Å²) >= 11 is 0. The smallest absolute Gasteiger partial charge is 0.409 e. The lowest BCUT2D eigenvalue weighted by Gasteiger charge is -2.26. The highest BCUT2D eigenvalue weighted by molar-refractivity contribution is 6.10. The zero-order valence-electron chi connectivity index (χ0n) is 24.9. The summed E-state index contributed by atoms with van der Waals surface area (Å²) in [4.78, 5) is 32.1. The van der Waals surface area contributed by atoms with Gasteiger partial charge in [0.2, 0.25) is 0 Å². The van der Waals surface area contributed by atoms with Crippen molar-refractivity contribution < 1.29 is 24.2 Å². The number of anilines is 3. The summed E-state index contributed by atoms with van der Waals surface area (Å²) in [5.74, 6) is 0.216. The van der Waals surface area contributed by atoms with E-state index in [0.717, 1.165) is 66.1 Å². The normalized spacial score (nSPS) is 13.9. The fourth-order valence-corrected chi connectivity index (χ4v) is 5.20. The Kier molecular flexibility index (Phi) is 8.79. The third kappa shape index (κ3) is 7.04. The van der Waals surface area contributed by atoms with E-state index in [1.807, 2.05) is 75.4 Å². The first-order valence-electron chi connectivity index (χ1n) is 14.2. The molecule has 3 aromatic carbocycles. The number of fused-ring (bicyclic) bond motifs is 1. The van der Waals surface area contributed by atoms with E-state index in [2.05, 4.69) is 20.9 Å². The lowest BCUT2D eigenvalue weighted by Crippen LogP contribution is -2.35. The van der Waals surface area contributed by atoms with Gasteiger partial charge in [0.25, 0.3) is 0 Å². The maximum absolute atomic E-state index is 13.3. The van der Waals surface area contributed by atoms with Crippen LogP contribution in [0.3, 0.4) is 0 Å². The van der Waals surface area contributed by atoms with E-state index < -0.39 is 12.1 Å². The molecule has 10 nitrogen and oxygen atoms in total. The minimum Gasteiger partial charge on any atom is -0.492 e. The van der Waals surface area contributed by atoms with Crippen molar-refractivity contribution in [1.29, 1.82) is 0 Å². The number of hydrogen-bond donors (Lipinski definition) is 4. The number of ether oxygens (including phenoxy) is 2. The second-order valence-corrected chi connectivity index (χ2v) is 11.5. The topological polar surface area (TPSA) is 125 Å². The molecule has 0 spiro atoms. The predicted molar refractivity (Wildman–Crippen MR) is 169 cm³/mol. The van der Waals surface area contributed by atoms with E-state index in [1.54, 1.807) is 12.1 Å². The molecule has 1 aromatic heterocycles. The number of benzene rings is 3. The Morgan fingerprint density at radius 1 is 0.907 bits per heavy atom. The van der Waals surface area contributed by atoms with Crippen LogP contribution in [0.25, 0.3) is 22.0 Å². The largest absolute Gasteiger partial charge is 0.492 e. The zero-order chi connectivity index (χ0) is 30.6. The SMILES string of the molecule is COc1c(NC(=O)O)cc(C(C)(C)C)cc1NC(=O)Nc1ccc(-c2cccc(CN3CCOCC3)n2)c2ccccc12. The number of rotatable bonds is 7. The van der Waals surface area contributed by atoms with Gasteiger partial charge in [-0.05, 0) is 46.7 Å². The van der Waals surface area contributed by atoms with Crippen LogP contribution in [0.1, 0.15) is 32.0 Å². The van der Waals surface area contributed by atoms with Crippen LogP contribution < -0.4 is 20.7 Å². The van der Waals surface area contributed by atoms with Crippen molar-refractivity contribution in [3.8, 4) is 17.0 Å². The zero-order valence-corrected chi connectivity index (χ0v) is 24.9. The summed E-state index contributed by atoms with van der Waals surface area (Å²) in [6.45, 7) is 10.0. The van der Waals surface area contributed by atoms with Crippen LogP contribution in [-0.2, 0) is 16.7 Å². The monoisotopic (exact) mass is 583 g/mol. The van der Waals surface area contributed by atoms with Gasteiger partial charge in [-0.25, -0.2) is 9.59 Å². The highest BCUT2D eigenvalue weighted by atomic mass is 16.5. The summed E-state index contributed by atoms with van der Waals surface area (Å²) < 4.78 is 11.0. The Bertz CT molecular complexity index is 1640. The molecule has 1 fully saturated rings. The van der Waals surface area contributed by atoms with Gasteiger partial charge in [-0.1, -0.05) is 57.2 Å². The fraction of sp³-hybridized carbons (Fsp3) is 0.303. The van der Waals surface area contributed by atoms with Gasteiger partial charge in [-0.15, -0.1) is 0 Å². The average Bonchev–Trinajstić information content (AvgIpc) is 2.97. The first-order valence-corrected chi connectivity index (χ1v) is 14.2. The summed E-state index contributed by atoms with van der Waals surface area (Å²) in [5, 5.41) is 19.4. The van der Waals surface area contributed by atoms with Crippen molar-refractivity contribution >= 4 is 40.0 Å². The number of urea groups is 1. The lowest BCUT2D eigenvalue weighted by atomic mass is 9.86. The highest BCUT2D eigenvalue weighted by Crippen LogP contribution is 2.39. The van der Waals surface area contributed by atoms with E-state index in [4.69, 9.17) is 14.5 Å². The van der Waals surface area contributed by atoms with Crippen molar-refractivity contribution in [3.63, 3.8) is 0 Å². The number of nitrogens with zero attached hydrogens (tertiary/aromatic N) is 2. The standard InChI is InChI=1S/C33H37N5O5/c1-33(2,3)21-18-28(30(42-4)29(19-21)37-32(40)41)36-31(39)35-27-13-12-25(23-9-5-6-10-24(23)27)26-11-7-8-22(34-26)20-38-14-16-43-17-15-38/h5-13,18-19,37H,14-17,20H2,1-4H3,(H,40,41)(H2,35,36,39). The van der Waals surface area contributed by atoms with Gasteiger partial charge in [0.05, 0.1) is 48.8 Å². The van der Waals surface area contributed by atoms with E-state index >= 15 is 0 Å². The van der Waals surface area contributed by atoms with Crippen molar-refractivity contribution in [2.75, 3.05) is 49.4 Å². The van der Waals surface area contributed by atoms with Crippen LogP contribution in [-0.4, -0.2) is 60.5 Å². The summed E-state index contributed by atoms with van der Waals surface area (Å²) in [7, 11) is 1.43. The number of carbonyl (C=O) groups excluding carboxylic acids is 1. The molecule has 1 aliphatic heterocycles. The molecule has 1 aliphatic rings. The van der Waals surface area contributed by atoms with E-state index in [1.165, 1.54) is 7.11 Å². The van der Waals surface area contributed by atoms with E-state index in [-0.39, 0.29) is 16.9 Å². The molecule has 5 rings (SSSR count). The Morgan fingerprint density at radius 2 is 1.58 bits per heavy atom. The Balaban J connectivity index is 1.42. The van der Waals surface area contributed by atoms with Crippen LogP contribution in [0.4, 0.5) is 26.7 Å². The van der Waals surface area contributed by atoms with Crippen LogP contribution in [0.2, 0.25) is 0 Å². The minimum atomic E-state index is -1.23. The molecular formula is C33H37N5O5. The number of morpholine rings is 1. The number of carboxylic acid groups (broad SMARTS) is 1. The summed E-state index contributed by atoms with van der Waals surface area (Å²) in [6.07, 6.45) is -1.23. The maximum atomic E-state index is 13.3. The fourth-order valence-electron chi connectivity index (χ4n) is 5.20. The number of aromatic nitrogens is 1. The van der Waals surface area contributed by atoms with Crippen molar-refractivity contribution in [1.82, 2.24) is 9.88 Å². The number of carbonyl (C=O) groups is 2. The Morgan fingerprint density at radius 3 is 2.26 bits per heavy atom. The van der Waals surface area contributed by atoms with Crippen LogP contribution in [0.15, 0.2) is 66.7 Å². The van der Waals surface area contributed by atoms with Crippen molar-refractivity contribution in [3.05, 3.63) is 78.0 Å². The van der Waals surface area contributed by atoms with Crippen LogP contribution in [0.5, 0.6) is 5.75 Å².